The molecule has 1 heterocycles. The van der Waals surface area contributed by atoms with Gasteiger partial charge in [0.2, 0.25) is 5.91 Å². The Morgan fingerprint density at radius 2 is 1.96 bits per heavy atom. The molecule has 1 aliphatic heterocycles. The van der Waals surface area contributed by atoms with Crippen LogP contribution in [0.3, 0.4) is 0 Å². The first kappa shape index (κ1) is 18.0. The normalized spacial score (nSPS) is 15.5. The summed E-state index contributed by atoms with van der Waals surface area (Å²) < 4.78 is 5.17. The summed E-state index contributed by atoms with van der Waals surface area (Å²) in [6, 6.07) is 10.4. The predicted octanol–water partition coefficient (Wildman–Crippen LogP) is 2.48. The van der Waals surface area contributed by atoms with Crippen molar-refractivity contribution in [2.24, 2.45) is 5.92 Å². The van der Waals surface area contributed by atoms with Crippen LogP contribution in [0.4, 0.5) is 0 Å². The van der Waals surface area contributed by atoms with E-state index in [1.165, 1.54) is 18.4 Å². The molecule has 0 bridgehead atoms. The lowest BCUT2D eigenvalue weighted by Crippen LogP contribution is -2.36. The molecule has 0 aliphatic carbocycles. The molecule has 23 heavy (non-hydrogen) atoms. The fourth-order valence-corrected chi connectivity index (χ4v) is 3.13. The Morgan fingerprint density at radius 1 is 1.22 bits per heavy atom. The van der Waals surface area contributed by atoms with E-state index in [9.17, 15) is 4.79 Å². The molecule has 0 radical (unpaired) electrons. The monoisotopic (exact) mass is 318 g/mol. The highest BCUT2D eigenvalue weighted by molar-refractivity contribution is 5.76. The van der Waals surface area contributed by atoms with Gasteiger partial charge in [-0.3, -0.25) is 4.79 Å². The lowest BCUT2D eigenvalue weighted by atomic mass is 9.93. The number of hydrogen-bond acceptors (Lipinski definition) is 3. The summed E-state index contributed by atoms with van der Waals surface area (Å²) in [5, 5.41) is 3.38. The minimum Gasteiger partial charge on any atom is -0.383 e. The average molecular weight is 318 g/mol. The van der Waals surface area contributed by atoms with Crippen LogP contribution < -0.4 is 5.32 Å². The van der Waals surface area contributed by atoms with Crippen molar-refractivity contribution in [3.63, 3.8) is 0 Å². The quantitative estimate of drug-likeness (QED) is 0.760. The molecular formula is C19H30N2O2. The third-order valence-electron chi connectivity index (χ3n) is 4.66. The summed E-state index contributed by atoms with van der Waals surface area (Å²) in [7, 11) is 1.69. The van der Waals surface area contributed by atoms with Crippen molar-refractivity contribution in [1.82, 2.24) is 10.2 Å². The number of carbonyl (C=O) groups is 1. The smallest absolute Gasteiger partial charge is 0.222 e. The summed E-state index contributed by atoms with van der Waals surface area (Å²) in [4.78, 5) is 14.5. The molecule has 1 fully saturated rings. The maximum atomic E-state index is 12.6. The van der Waals surface area contributed by atoms with Crippen LogP contribution in [0.25, 0.3) is 0 Å². The Kier molecular flexibility index (Phi) is 8.12. The minimum absolute atomic E-state index is 0.275. The van der Waals surface area contributed by atoms with Crippen molar-refractivity contribution in [3.8, 4) is 0 Å². The van der Waals surface area contributed by atoms with Crippen LogP contribution in [0, 0.1) is 5.92 Å². The molecule has 1 N–H and O–H groups in total. The third kappa shape index (κ3) is 6.71. The van der Waals surface area contributed by atoms with E-state index in [2.05, 4.69) is 17.4 Å². The zero-order valence-electron chi connectivity index (χ0n) is 14.3. The predicted molar refractivity (Wildman–Crippen MR) is 93.4 cm³/mol. The van der Waals surface area contributed by atoms with Crippen LogP contribution in [0.2, 0.25) is 0 Å². The number of nitrogens with one attached hydrogen (secondary N) is 1. The van der Waals surface area contributed by atoms with E-state index in [0.717, 1.165) is 32.5 Å². The molecule has 128 valence electrons. The number of hydrogen-bond donors (Lipinski definition) is 1. The zero-order valence-corrected chi connectivity index (χ0v) is 14.3. The van der Waals surface area contributed by atoms with Crippen LogP contribution in [-0.4, -0.2) is 50.7 Å². The molecule has 4 heteroatoms. The topological polar surface area (TPSA) is 41.6 Å². The van der Waals surface area contributed by atoms with E-state index in [0.29, 0.717) is 25.5 Å². The van der Waals surface area contributed by atoms with Gasteiger partial charge in [-0.2, -0.15) is 0 Å². The Hall–Kier alpha value is -1.39. The fraction of sp³-hybridized carbons (Fsp3) is 0.632. The Labute approximate surface area is 140 Å². The number of nitrogens with zero attached hydrogens (tertiary/aromatic N) is 1. The van der Waals surface area contributed by atoms with Crippen molar-refractivity contribution in [3.05, 3.63) is 35.9 Å². The van der Waals surface area contributed by atoms with Gasteiger partial charge in [-0.05, 0) is 50.3 Å². The highest BCUT2D eigenvalue weighted by Gasteiger charge is 2.18. The lowest BCUT2D eigenvalue weighted by molar-refractivity contribution is -0.132. The molecule has 1 amide bonds. The standard InChI is InChI=1S/C19H30N2O2/c1-23-16-15-21(14-11-17-5-3-2-4-6-17)19(22)8-7-18-9-12-20-13-10-18/h2-6,18,20H,7-16H2,1H3. The molecule has 1 aromatic carbocycles. The van der Waals surface area contributed by atoms with Gasteiger partial charge in [-0.25, -0.2) is 0 Å². The number of benzene rings is 1. The fourth-order valence-electron chi connectivity index (χ4n) is 3.13. The van der Waals surface area contributed by atoms with E-state index in [-0.39, 0.29) is 5.91 Å². The molecule has 0 saturated carbocycles. The minimum atomic E-state index is 0.275. The largest absolute Gasteiger partial charge is 0.383 e. The van der Waals surface area contributed by atoms with Gasteiger partial charge in [0.1, 0.15) is 0 Å². The van der Waals surface area contributed by atoms with E-state index < -0.39 is 0 Å². The zero-order chi connectivity index (χ0) is 16.3. The van der Waals surface area contributed by atoms with Crippen molar-refractivity contribution >= 4 is 5.91 Å². The Morgan fingerprint density at radius 3 is 2.65 bits per heavy atom. The molecule has 1 aromatic rings. The lowest BCUT2D eigenvalue weighted by Gasteiger charge is -2.25. The molecular weight excluding hydrogens is 288 g/mol. The Bertz CT molecular complexity index is 444. The summed E-state index contributed by atoms with van der Waals surface area (Å²) in [5.41, 5.74) is 1.28. The van der Waals surface area contributed by atoms with Crippen molar-refractivity contribution in [2.45, 2.75) is 32.1 Å². The van der Waals surface area contributed by atoms with E-state index >= 15 is 0 Å². The molecule has 0 atom stereocenters. The summed E-state index contributed by atoms with van der Waals surface area (Å²) in [6.07, 6.45) is 5.01. The first-order valence-electron chi connectivity index (χ1n) is 8.81. The third-order valence-corrected chi connectivity index (χ3v) is 4.66. The van der Waals surface area contributed by atoms with E-state index in [4.69, 9.17) is 4.74 Å². The highest BCUT2D eigenvalue weighted by atomic mass is 16.5. The number of methoxy groups -OCH3 is 1. The highest BCUT2D eigenvalue weighted by Crippen LogP contribution is 2.18. The summed E-state index contributed by atoms with van der Waals surface area (Å²) in [5.74, 6) is 0.982. The van der Waals surface area contributed by atoms with Gasteiger partial charge in [0.05, 0.1) is 6.61 Å². The molecule has 1 aliphatic rings. The number of rotatable bonds is 9. The van der Waals surface area contributed by atoms with Crippen LogP contribution in [-0.2, 0) is 16.0 Å². The second-order valence-electron chi connectivity index (χ2n) is 6.34. The number of amides is 1. The number of ether oxygens (including phenoxy) is 1. The first-order valence-corrected chi connectivity index (χ1v) is 8.81. The molecule has 0 aromatic heterocycles. The Balaban J connectivity index is 1.79. The summed E-state index contributed by atoms with van der Waals surface area (Å²) in [6.45, 7) is 4.27. The van der Waals surface area contributed by atoms with Gasteiger partial charge in [0.25, 0.3) is 0 Å². The molecule has 1 saturated heterocycles. The van der Waals surface area contributed by atoms with Crippen molar-refractivity contribution in [2.75, 3.05) is 39.9 Å². The van der Waals surface area contributed by atoms with Crippen molar-refractivity contribution < 1.29 is 9.53 Å². The van der Waals surface area contributed by atoms with E-state index in [1.54, 1.807) is 7.11 Å². The van der Waals surface area contributed by atoms with Gasteiger partial charge >= 0.3 is 0 Å². The first-order chi connectivity index (χ1) is 11.3. The van der Waals surface area contributed by atoms with Crippen LogP contribution in [0.1, 0.15) is 31.2 Å². The van der Waals surface area contributed by atoms with Gasteiger partial charge in [-0.1, -0.05) is 30.3 Å². The van der Waals surface area contributed by atoms with E-state index in [1.807, 2.05) is 23.1 Å². The van der Waals surface area contributed by atoms with Gasteiger partial charge in [0.15, 0.2) is 0 Å². The molecule has 0 unspecified atom stereocenters. The van der Waals surface area contributed by atoms with Gasteiger partial charge in [-0.15, -0.1) is 0 Å². The SMILES string of the molecule is COCCN(CCc1ccccc1)C(=O)CCC1CCNCC1. The molecule has 4 nitrogen and oxygen atoms in total. The van der Waals surface area contributed by atoms with Gasteiger partial charge < -0.3 is 15.0 Å². The number of carbonyl (C=O) groups excluding carboxylic acids is 1. The maximum Gasteiger partial charge on any atom is 0.222 e. The molecule has 2 rings (SSSR count). The second kappa shape index (κ2) is 10.4. The van der Waals surface area contributed by atoms with Crippen LogP contribution in [0.15, 0.2) is 30.3 Å². The van der Waals surface area contributed by atoms with Crippen LogP contribution >= 0.6 is 0 Å². The average Bonchev–Trinajstić information content (AvgIpc) is 2.61. The second-order valence-corrected chi connectivity index (χ2v) is 6.34. The van der Waals surface area contributed by atoms with Crippen molar-refractivity contribution in [1.29, 1.82) is 0 Å². The summed E-state index contributed by atoms with van der Waals surface area (Å²) >= 11 is 0. The van der Waals surface area contributed by atoms with Crippen LogP contribution in [0.5, 0.6) is 0 Å². The number of piperidine rings is 1. The van der Waals surface area contributed by atoms with Gasteiger partial charge in [0, 0.05) is 26.6 Å². The maximum absolute atomic E-state index is 12.6. The molecule has 0 spiro atoms.